The van der Waals surface area contributed by atoms with Gasteiger partial charge in [-0.15, -0.1) is 0 Å². The molecule has 0 amide bonds. The number of hydrogen-bond acceptors (Lipinski definition) is 3. The standard InChI is InChI=1S/C19H24N2O2/c1-2-4-16-14(3-1)15-7-10-20-17(18(15)21-16)13-5-8-19(9-6-13)22-11-12-23-19/h1-4,13,17,20-21H,5-12H2. The number of para-hydroxylation sites is 1. The second-order valence-electron chi connectivity index (χ2n) is 7.19. The molecule has 1 aromatic carbocycles. The number of aromatic amines is 1. The van der Waals surface area contributed by atoms with Gasteiger partial charge in [0.1, 0.15) is 0 Å². The Hall–Kier alpha value is -1.36. The summed E-state index contributed by atoms with van der Waals surface area (Å²) >= 11 is 0. The zero-order valence-corrected chi connectivity index (χ0v) is 13.4. The minimum atomic E-state index is -0.256. The van der Waals surface area contributed by atoms with Gasteiger partial charge in [-0.05, 0) is 43.4 Å². The molecule has 5 rings (SSSR count). The van der Waals surface area contributed by atoms with Crippen LogP contribution in [0.15, 0.2) is 24.3 Å². The number of benzene rings is 1. The van der Waals surface area contributed by atoms with Crippen LogP contribution in [0.5, 0.6) is 0 Å². The summed E-state index contributed by atoms with van der Waals surface area (Å²) in [5.41, 5.74) is 4.23. The summed E-state index contributed by atoms with van der Waals surface area (Å²) in [6.45, 7) is 2.60. The fraction of sp³-hybridized carbons (Fsp3) is 0.579. The number of aromatic nitrogens is 1. The molecule has 3 heterocycles. The number of H-pyrrole nitrogens is 1. The van der Waals surface area contributed by atoms with E-state index in [2.05, 4.69) is 34.6 Å². The first-order valence-corrected chi connectivity index (χ1v) is 8.95. The van der Waals surface area contributed by atoms with E-state index in [0.29, 0.717) is 12.0 Å². The van der Waals surface area contributed by atoms with Gasteiger partial charge < -0.3 is 19.8 Å². The molecule has 3 aliphatic rings. The quantitative estimate of drug-likeness (QED) is 0.849. The van der Waals surface area contributed by atoms with Gasteiger partial charge in [-0.1, -0.05) is 18.2 Å². The second kappa shape index (κ2) is 5.33. The number of nitrogens with one attached hydrogen (secondary N) is 2. The summed E-state index contributed by atoms with van der Waals surface area (Å²) < 4.78 is 11.8. The Morgan fingerprint density at radius 3 is 2.65 bits per heavy atom. The van der Waals surface area contributed by atoms with Crippen LogP contribution in [0.1, 0.15) is 43.0 Å². The van der Waals surface area contributed by atoms with Crippen molar-refractivity contribution >= 4 is 10.9 Å². The third-order valence-electron chi connectivity index (χ3n) is 5.97. The van der Waals surface area contributed by atoms with Crippen LogP contribution in [-0.4, -0.2) is 30.5 Å². The highest BCUT2D eigenvalue weighted by molar-refractivity contribution is 5.85. The average molecular weight is 312 g/mol. The van der Waals surface area contributed by atoms with Crippen LogP contribution in [0, 0.1) is 5.92 Å². The zero-order chi connectivity index (χ0) is 15.3. The third kappa shape index (κ3) is 2.24. The Morgan fingerprint density at radius 1 is 1.04 bits per heavy atom. The van der Waals surface area contributed by atoms with Gasteiger partial charge in [0.2, 0.25) is 0 Å². The Balaban J connectivity index is 1.42. The van der Waals surface area contributed by atoms with Crippen molar-refractivity contribution in [2.45, 2.75) is 43.9 Å². The molecule has 1 atom stereocenters. The first-order valence-electron chi connectivity index (χ1n) is 8.95. The van der Waals surface area contributed by atoms with E-state index in [1.165, 1.54) is 35.0 Å². The SMILES string of the molecule is c1ccc2c3c([nH]c2c1)C(C1CCC2(CC1)OCCO2)NCC3. The third-order valence-corrected chi connectivity index (χ3v) is 5.97. The van der Waals surface area contributed by atoms with E-state index >= 15 is 0 Å². The van der Waals surface area contributed by atoms with Gasteiger partial charge in [0, 0.05) is 29.4 Å². The summed E-state index contributed by atoms with van der Waals surface area (Å²) in [6, 6.07) is 9.16. The first kappa shape index (κ1) is 14.0. The molecule has 1 spiro atoms. The molecule has 2 aromatic rings. The number of rotatable bonds is 1. The van der Waals surface area contributed by atoms with Gasteiger partial charge in [-0.3, -0.25) is 0 Å². The number of fused-ring (bicyclic) bond motifs is 3. The zero-order valence-electron chi connectivity index (χ0n) is 13.4. The summed E-state index contributed by atoms with van der Waals surface area (Å²) in [5.74, 6) is 0.412. The van der Waals surface area contributed by atoms with Crippen LogP contribution in [0.4, 0.5) is 0 Å². The first-order chi connectivity index (χ1) is 11.3. The van der Waals surface area contributed by atoms with Crippen molar-refractivity contribution < 1.29 is 9.47 Å². The molecule has 23 heavy (non-hydrogen) atoms. The lowest BCUT2D eigenvalue weighted by molar-refractivity contribution is -0.184. The largest absolute Gasteiger partial charge is 0.357 e. The minimum absolute atomic E-state index is 0.256. The summed E-state index contributed by atoms with van der Waals surface area (Å²) in [5, 5.41) is 5.18. The fourth-order valence-electron chi connectivity index (χ4n) is 4.81. The molecular formula is C19H24N2O2. The summed E-state index contributed by atoms with van der Waals surface area (Å²) in [4.78, 5) is 3.70. The molecule has 1 saturated carbocycles. The van der Waals surface area contributed by atoms with E-state index in [1.54, 1.807) is 0 Å². The molecule has 2 N–H and O–H groups in total. The molecule has 2 aliphatic heterocycles. The van der Waals surface area contributed by atoms with E-state index in [4.69, 9.17) is 9.47 Å². The molecule has 1 unspecified atom stereocenters. The predicted molar refractivity (Wildman–Crippen MR) is 89.3 cm³/mol. The second-order valence-corrected chi connectivity index (χ2v) is 7.19. The van der Waals surface area contributed by atoms with Crippen LogP contribution in [-0.2, 0) is 15.9 Å². The van der Waals surface area contributed by atoms with Crippen LogP contribution >= 0.6 is 0 Å². The molecule has 0 bridgehead atoms. The maximum Gasteiger partial charge on any atom is 0.168 e. The van der Waals surface area contributed by atoms with Gasteiger partial charge in [0.25, 0.3) is 0 Å². The molecule has 4 nitrogen and oxygen atoms in total. The van der Waals surface area contributed by atoms with Crippen molar-refractivity contribution in [3.05, 3.63) is 35.5 Å². The van der Waals surface area contributed by atoms with Gasteiger partial charge in [0.05, 0.1) is 19.3 Å². The molecule has 1 aliphatic carbocycles. The lowest BCUT2D eigenvalue weighted by Gasteiger charge is -2.40. The summed E-state index contributed by atoms with van der Waals surface area (Å²) in [7, 11) is 0. The lowest BCUT2D eigenvalue weighted by atomic mass is 9.78. The van der Waals surface area contributed by atoms with E-state index in [1.807, 2.05) is 0 Å². The van der Waals surface area contributed by atoms with E-state index in [-0.39, 0.29) is 5.79 Å². The molecule has 1 aromatic heterocycles. The Labute approximate surface area is 136 Å². The molecule has 122 valence electrons. The van der Waals surface area contributed by atoms with Gasteiger partial charge >= 0.3 is 0 Å². The molecular weight excluding hydrogens is 288 g/mol. The molecule has 1 saturated heterocycles. The van der Waals surface area contributed by atoms with E-state index in [9.17, 15) is 0 Å². The van der Waals surface area contributed by atoms with Crippen molar-refractivity contribution in [3.8, 4) is 0 Å². The van der Waals surface area contributed by atoms with Crippen LogP contribution < -0.4 is 5.32 Å². The smallest absolute Gasteiger partial charge is 0.168 e. The van der Waals surface area contributed by atoms with Gasteiger partial charge in [-0.2, -0.15) is 0 Å². The number of ether oxygens (including phenoxy) is 2. The Kier molecular flexibility index (Phi) is 3.25. The van der Waals surface area contributed by atoms with Gasteiger partial charge in [-0.25, -0.2) is 0 Å². The number of hydrogen-bond donors (Lipinski definition) is 2. The van der Waals surface area contributed by atoms with Crippen LogP contribution in [0.2, 0.25) is 0 Å². The summed E-state index contributed by atoms with van der Waals surface area (Å²) in [6.07, 6.45) is 5.54. The molecule has 2 fully saturated rings. The van der Waals surface area contributed by atoms with Gasteiger partial charge in [0.15, 0.2) is 5.79 Å². The van der Waals surface area contributed by atoms with E-state index in [0.717, 1.165) is 39.0 Å². The monoisotopic (exact) mass is 312 g/mol. The normalized spacial score (nSPS) is 27.6. The van der Waals surface area contributed by atoms with Crippen molar-refractivity contribution in [2.75, 3.05) is 19.8 Å². The van der Waals surface area contributed by atoms with Crippen LogP contribution in [0.3, 0.4) is 0 Å². The van der Waals surface area contributed by atoms with E-state index < -0.39 is 0 Å². The molecule has 4 heteroatoms. The Morgan fingerprint density at radius 2 is 1.83 bits per heavy atom. The molecule has 0 radical (unpaired) electrons. The average Bonchev–Trinajstić information content (AvgIpc) is 3.20. The Bertz CT molecular complexity index is 707. The highest BCUT2D eigenvalue weighted by Gasteiger charge is 2.43. The predicted octanol–water partition coefficient (Wildman–Crippen LogP) is 3.29. The fourth-order valence-corrected chi connectivity index (χ4v) is 4.81. The highest BCUT2D eigenvalue weighted by atomic mass is 16.7. The maximum atomic E-state index is 5.88. The van der Waals surface area contributed by atoms with Crippen molar-refractivity contribution in [1.82, 2.24) is 10.3 Å². The lowest BCUT2D eigenvalue weighted by Crippen LogP contribution is -2.41. The van der Waals surface area contributed by atoms with Crippen molar-refractivity contribution in [1.29, 1.82) is 0 Å². The van der Waals surface area contributed by atoms with Crippen molar-refractivity contribution in [3.63, 3.8) is 0 Å². The topological polar surface area (TPSA) is 46.3 Å². The maximum absolute atomic E-state index is 5.88. The minimum Gasteiger partial charge on any atom is -0.357 e. The van der Waals surface area contributed by atoms with Crippen molar-refractivity contribution in [2.24, 2.45) is 5.92 Å². The highest BCUT2D eigenvalue weighted by Crippen LogP contribution is 2.44. The van der Waals surface area contributed by atoms with Crippen LogP contribution in [0.25, 0.3) is 10.9 Å².